The highest BCUT2D eigenvalue weighted by molar-refractivity contribution is 8.01. The molecule has 1 heterocycles. The highest BCUT2D eigenvalue weighted by Crippen LogP contribution is 2.47. The maximum absolute atomic E-state index is 12.9. The van der Waals surface area contributed by atoms with Gasteiger partial charge in [-0.25, -0.2) is 0 Å². The van der Waals surface area contributed by atoms with Crippen molar-refractivity contribution < 1.29 is 19.1 Å². The number of hydrogen-bond acceptors (Lipinski definition) is 5. The first-order chi connectivity index (χ1) is 13.8. The number of halogens is 1. The first-order valence-corrected chi connectivity index (χ1v) is 10.7. The fourth-order valence-electron chi connectivity index (χ4n) is 3.36. The zero-order valence-corrected chi connectivity index (χ0v) is 18.4. The summed E-state index contributed by atoms with van der Waals surface area (Å²) in [5.74, 6) is 0.158. The Morgan fingerprint density at radius 3 is 2.69 bits per heavy atom. The molecule has 0 radical (unpaired) electrons. The van der Waals surface area contributed by atoms with Crippen LogP contribution in [0, 0.1) is 6.92 Å². The molecule has 0 unspecified atom stereocenters. The Balaban J connectivity index is 2.05. The van der Waals surface area contributed by atoms with Crippen LogP contribution in [0.5, 0.6) is 5.75 Å². The monoisotopic (exact) mass is 433 g/mol. The number of carbonyl (C=O) groups excluding carboxylic acids is 2. The number of methoxy groups -OCH3 is 1. The van der Waals surface area contributed by atoms with Gasteiger partial charge in [-0.2, -0.15) is 0 Å². The van der Waals surface area contributed by atoms with Gasteiger partial charge in [0.05, 0.1) is 30.1 Å². The van der Waals surface area contributed by atoms with Crippen molar-refractivity contribution in [3.8, 4) is 5.75 Å². The SMILES string of the molecule is COc1cccc([C@@H]2S[C@@H](CC(=O)OC(C)C)C(=O)Nc3ccc(Cl)cc32)c1C. The van der Waals surface area contributed by atoms with Gasteiger partial charge >= 0.3 is 5.97 Å². The van der Waals surface area contributed by atoms with Crippen LogP contribution in [0.4, 0.5) is 5.69 Å². The smallest absolute Gasteiger partial charge is 0.307 e. The summed E-state index contributed by atoms with van der Waals surface area (Å²) in [5, 5.41) is 2.74. The lowest BCUT2D eigenvalue weighted by Crippen LogP contribution is -2.28. The molecular formula is C22H24ClNO4S. The zero-order valence-electron chi connectivity index (χ0n) is 16.8. The molecular weight excluding hydrogens is 410 g/mol. The predicted octanol–water partition coefficient (Wildman–Crippen LogP) is 5.14. The summed E-state index contributed by atoms with van der Waals surface area (Å²) in [6.45, 7) is 5.57. The third-order valence-corrected chi connectivity index (χ3v) is 6.42. The van der Waals surface area contributed by atoms with Gasteiger partial charge in [-0.15, -0.1) is 11.8 Å². The number of benzene rings is 2. The normalized spacial score (nSPS) is 18.6. The molecule has 1 amide bonds. The molecule has 0 aromatic heterocycles. The van der Waals surface area contributed by atoms with Crippen LogP contribution in [0.3, 0.4) is 0 Å². The van der Waals surface area contributed by atoms with Gasteiger partial charge in [-0.05, 0) is 61.7 Å². The lowest BCUT2D eigenvalue weighted by Gasteiger charge is -2.23. The van der Waals surface area contributed by atoms with Gasteiger partial charge in [0.1, 0.15) is 5.75 Å². The summed E-state index contributed by atoms with van der Waals surface area (Å²) in [6.07, 6.45) is -0.232. The molecule has 5 nitrogen and oxygen atoms in total. The van der Waals surface area contributed by atoms with Gasteiger partial charge in [0, 0.05) is 10.7 Å². The van der Waals surface area contributed by atoms with Gasteiger partial charge in [0.2, 0.25) is 5.91 Å². The number of rotatable bonds is 5. The molecule has 2 atom stereocenters. The third-order valence-electron chi connectivity index (χ3n) is 4.69. The van der Waals surface area contributed by atoms with E-state index >= 15 is 0 Å². The van der Waals surface area contributed by atoms with Crippen LogP contribution in [0.1, 0.15) is 42.2 Å². The molecule has 1 aliphatic heterocycles. The van der Waals surface area contributed by atoms with Gasteiger partial charge in [0.25, 0.3) is 0 Å². The lowest BCUT2D eigenvalue weighted by molar-refractivity contribution is -0.148. The number of fused-ring (bicyclic) bond motifs is 1. The summed E-state index contributed by atoms with van der Waals surface area (Å²) < 4.78 is 10.7. The Morgan fingerprint density at radius 2 is 2.00 bits per heavy atom. The summed E-state index contributed by atoms with van der Waals surface area (Å²) in [7, 11) is 1.63. The molecule has 0 bridgehead atoms. The van der Waals surface area contributed by atoms with Crippen molar-refractivity contribution in [1.82, 2.24) is 0 Å². The van der Waals surface area contributed by atoms with E-state index in [9.17, 15) is 9.59 Å². The fourth-order valence-corrected chi connectivity index (χ4v) is 5.03. The molecule has 2 aromatic rings. The number of hydrogen-bond donors (Lipinski definition) is 1. The number of esters is 1. The Morgan fingerprint density at radius 1 is 1.24 bits per heavy atom. The van der Waals surface area contributed by atoms with Crippen molar-refractivity contribution in [2.75, 3.05) is 12.4 Å². The Hall–Kier alpha value is -2.18. The average Bonchev–Trinajstić information content (AvgIpc) is 2.78. The minimum atomic E-state index is -0.594. The molecule has 1 aliphatic rings. The molecule has 0 saturated heterocycles. The second kappa shape index (κ2) is 9.09. The molecule has 0 fully saturated rings. The lowest BCUT2D eigenvalue weighted by atomic mass is 9.98. The largest absolute Gasteiger partial charge is 0.496 e. The summed E-state index contributed by atoms with van der Waals surface area (Å²) in [5.41, 5.74) is 3.58. The predicted molar refractivity (Wildman–Crippen MR) is 117 cm³/mol. The van der Waals surface area contributed by atoms with E-state index in [-0.39, 0.29) is 23.7 Å². The number of anilines is 1. The Kier molecular flexibility index (Phi) is 6.75. The van der Waals surface area contributed by atoms with Crippen molar-refractivity contribution in [1.29, 1.82) is 0 Å². The van der Waals surface area contributed by atoms with E-state index in [1.54, 1.807) is 33.1 Å². The van der Waals surface area contributed by atoms with E-state index in [1.165, 1.54) is 11.8 Å². The Labute approximate surface area is 180 Å². The number of thioether (sulfide) groups is 1. The van der Waals surface area contributed by atoms with Crippen LogP contribution in [-0.2, 0) is 14.3 Å². The molecule has 3 rings (SSSR count). The fraction of sp³-hybridized carbons (Fsp3) is 0.364. The van der Waals surface area contributed by atoms with Crippen molar-refractivity contribution in [2.24, 2.45) is 0 Å². The highest BCUT2D eigenvalue weighted by Gasteiger charge is 2.34. The van der Waals surface area contributed by atoms with E-state index in [0.29, 0.717) is 10.7 Å². The molecule has 1 N–H and O–H groups in total. The van der Waals surface area contributed by atoms with Crippen LogP contribution < -0.4 is 10.1 Å². The van der Waals surface area contributed by atoms with E-state index in [1.807, 2.05) is 31.2 Å². The Bertz CT molecular complexity index is 931. The summed E-state index contributed by atoms with van der Waals surface area (Å²) >= 11 is 7.70. The minimum absolute atomic E-state index is 0.00405. The molecule has 2 aromatic carbocycles. The molecule has 154 valence electrons. The minimum Gasteiger partial charge on any atom is -0.496 e. The van der Waals surface area contributed by atoms with Crippen molar-refractivity contribution in [3.63, 3.8) is 0 Å². The van der Waals surface area contributed by atoms with Gasteiger partial charge in [0.15, 0.2) is 0 Å². The molecule has 7 heteroatoms. The molecule has 0 saturated carbocycles. The topological polar surface area (TPSA) is 64.6 Å². The van der Waals surface area contributed by atoms with Crippen LogP contribution in [0.15, 0.2) is 36.4 Å². The van der Waals surface area contributed by atoms with E-state index in [2.05, 4.69) is 5.32 Å². The maximum Gasteiger partial charge on any atom is 0.307 e. The molecule has 0 aliphatic carbocycles. The van der Waals surface area contributed by atoms with Crippen molar-refractivity contribution in [2.45, 2.75) is 43.8 Å². The second-order valence-electron chi connectivity index (χ2n) is 7.14. The highest BCUT2D eigenvalue weighted by atomic mass is 35.5. The molecule has 29 heavy (non-hydrogen) atoms. The quantitative estimate of drug-likeness (QED) is 0.661. The third kappa shape index (κ3) is 4.87. The van der Waals surface area contributed by atoms with Crippen molar-refractivity contribution in [3.05, 3.63) is 58.1 Å². The van der Waals surface area contributed by atoms with Crippen LogP contribution in [0.2, 0.25) is 5.02 Å². The van der Waals surface area contributed by atoms with Crippen LogP contribution >= 0.6 is 23.4 Å². The first-order valence-electron chi connectivity index (χ1n) is 9.39. The number of nitrogens with one attached hydrogen (secondary N) is 1. The van der Waals surface area contributed by atoms with Gasteiger partial charge in [-0.3, -0.25) is 9.59 Å². The number of amides is 1. The zero-order chi connectivity index (χ0) is 21.1. The van der Waals surface area contributed by atoms with E-state index in [4.69, 9.17) is 21.1 Å². The first kappa shape index (κ1) is 21.5. The van der Waals surface area contributed by atoms with Crippen molar-refractivity contribution >= 4 is 40.9 Å². The van der Waals surface area contributed by atoms with Crippen LogP contribution in [-0.4, -0.2) is 30.3 Å². The second-order valence-corrected chi connectivity index (χ2v) is 8.89. The van der Waals surface area contributed by atoms with Gasteiger partial charge in [-0.1, -0.05) is 23.7 Å². The maximum atomic E-state index is 12.9. The van der Waals surface area contributed by atoms with E-state index in [0.717, 1.165) is 22.4 Å². The number of ether oxygens (including phenoxy) is 2. The average molecular weight is 434 g/mol. The molecule has 0 spiro atoms. The number of carbonyl (C=O) groups is 2. The van der Waals surface area contributed by atoms with E-state index < -0.39 is 11.2 Å². The van der Waals surface area contributed by atoms with Gasteiger partial charge < -0.3 is 14.8 Å². The summed E-state index contributed by atoms with van der Waals surface area (Å²) in [6, 6.07) is 11.2. The van der Waals surface area contributed by atoms with Crippen LogP contribution in [0.25, 0.3) is 0 Å². The summed E-state index contributed by atoms with van der Waals surface area (Å²) in [4.78, 5) is 25.1. The standard InChI is InChI=1S/C22H24ClNO4S/c1-12(2)28-20(25)11-19-22(26)24-17-9-8-14(23)10-16(17)21(29-19)15-6-5-7-18(27-4)13(15)3/h5-10,12,19,21H,11H2,1-4H3,(H,24,26)/t19-,21-/m0/s1.